The van der Waals surface area contributed by atoms with Gasteiger partial charge in [-0.1, -0.05) is 0 Å². The summed E-state index contributed by atoms with van der Waals surface area (Å²) in [6.45, 7) is 2.10. The number of hydrogen-bond acceptors (Lipinski definition) is 8. The number of hydrogen-bond donors (Lipinski definition) is 0. The highest BCUT2D eigenvalue weighted by Gasteiger charge is 2.58. The molecule has 1 atom stereocenters. The van der Waals surface area contributed by atoms with Crippen molar-refractivity contribution in [3.8, 4) is 0 Å². The Kier molecular flexibility index (Phi) is 6.97. The number of rotatable bonds is 9. The van der Waals surface area contributed by atoms with Gasteiger partial charge in [-0.05, 0) is 13.8 Å². The molecule has 130 valence electrons. The van der Waals surface area contributed by atoms with E-state index in [0.29, 0.717) is 11.8 Å². The van der Waals surface area contributed by atoms with E-state index in [2.05, 4.69) is 18.2 Å². The second-order valence-electron chi connectivity index (χ2n) is 4.26. The molecule has 1 rings (SSSR count). The van der Waals surface area contributed by atoms with Gasteiger partial charge in [-0.15, -0.1) is 11.8 Å². The summed E-state index contributed by atoms with van der Waals surface area (Å²) in [5, 5.41) is -0.695. The van der Waals surface area contributed by atoms with Crippen LogP contribution in [0, 0.1) is 0 Å². The molecule has 1 heterocycles. The fraction of sp³-hybridized carbons (Fsp3) is 0.900. The number of aliphatic imine (C=N–C) groups is 1. The average Bonchev–Trinajstić information content (AvgIpc) is 2.85. The fourth-order valence-corrected chi connectivity index (χ4v) is 4.75. The summed E-state index contributed by atoms with van der Waals surface area (Å²) in [6.07, 6.45) is 0.854. The van der Waals surface area contributed by atoms with E-state index in [4.69, 9.17) is 0 Å². The molecule has 0 saturated heterocycles. The lowest BCUT2D eigenvalue weighted by Crippen LogP contribution is -2.28. The van der Waals surface area contributed by atoms with E-state index in [1.54, 1.807) is 0 Å². The zero-order valence-electron chi connectivity index (χ0n) is 12.3. The lowest BCUT2D eigenvalue weighted by atomic mass is 10.4. The Bertz CT molecular complexity index is 558. The SMILES string of the molecule is CCOP(=O)(OCC)C(F)(F)C1=NC(COS(C)(=O)=O)CS1. The molecule has 0 spiro atoms. The molecule has 12 heteroatoms. The van der Waals surface area contributed by atoms with Crippen molar-refractivity contribution in [2.24, 2.45) is 4.99 Å². The largest absolute Gasteiger partial charge is 0.406 e. The molecular weight excluding hydrogens is 363 g/mol. The van der Waals surface area contributed by atoms with Crippen molar-refractivity contribution in [3.05, 3.63) is 0 Å². The van der Waals surface area contributed by atoms with E-state index in [1.165, 1.54) is 13.8 Å². The fourth-order valence-electron chi connectivity index (χ4n) is 1.52. The van der Waals surface area contributed by atoms with Gasteiger partial charge in [0.05, 0.1) is 32.1 Å². The molecule has 0 aliphatic carbocycles. The van der Waals surface area contributed by atoms with Gasteiger partial charge in [0.25, 0.3) is 10.1 Å². The lowest BCUT2D eigenvalue weighted by Gasteiger charge is -2.25. The van der Waals surface area contributed by atoms with Gasteiger partial charge in [0.15, 0.2) is 5.04 Å². The first-order chi connectivity index (χ1) is 10.1. The van der Waals surface area contributed by atoms with E-state index < -0.39 is 34.5 Å². The standard InChI is InChI=1S/C10H18F2NO6PS2/c1-4-17-20(14,18-5-2)10(11,12)9-13-8(7-21-9)6-19-22(3,15)16/h8H,4-7H2,1-3H3. The van der Waals surface area contributed by atoms with Gasteiger partial charge in [0.2, 0.25) is 0 Å². The van der Waals surface area contributed by atoms with Crippen LogP contribution < -0.4 is 0 Å². The van der Waals surface area contributed by atoms with Gasteiger partial charge in [-0.3, -0.25) is 13.7 Å². The van der Waals surface area contributed by atoms with Gasteiger partial charge in [0.1, 0.15) is 0 Å². The third kappa shape index (κ3) is 4.97. The summed E-state index contributed by atoms with van der Waals surface area (Å²) in [6, 6.07) is -0.766. The molecule has 0 aromatic rings. The van der Waals surface area contributed by atoms with Crippen molar-refractivity contribution in [3.63, 3.8) is 0 Å². The van der Waals surface area contributed by atoms with Gasteiger partial charge >= 0.3 is 13.3 Å². The summed E-state index contributed by atoms with van der Waals surface area (Å²) < 4.78 is 76.6. The first-order valence-corrected chi connectivity index (χ1v) is 10.7. The minimum atomic E-state index is -4.69. The highest BCUT2D eigenvalue weighted by Crippen LogP contribution is 2.64. The predicted octanol–water partition coefficient (Wildman–Crippen LogP) is 2.34. The number of halogens is 2. The number of nitrogens with zero attached hydrogens (tertiary/aromatic N) is 1. The predicted molar refractivity (Wildman–Crippen MR) is 80.3 cm³/mol. The summed E-state index contributed by atoms with van der Waals surface area (Å²) in [7, 11) is -8.37. The Morgan fingerprint density at radius 2 is 1.91 bits per heavy atom. The average molecular weight is 381 g/mol. The van der Waals surface area contributed by atoms with Crippen LogP contribution >= 0.6 is 19.4 Å². The monoisotopic (exact) mass is 381 g/mol. The summed E-state index contributed by atoms with van der Waals surface area (Å²) in [4.78, 5) is 3.70. The molecule has 0 amide bonds. The first kappa shape index (κ1) is 20.0. The van der Waals surface area contributed by atoms with Gasteiger partial charge < -0.3 is 9.05 Å². The smallest absolute Gasteiger partial charge is 0.304 e. The van der Waals surface area contributed by atoms with Crippen molar-refractivity contribution in [2.75, 3.05) is 31.8 Å². The zero-order chi connectivity index (χ0) is 17.0. The number of alkyl halides is 2. The second kappa shape index (κ2) is 7.67. The van der Waals surface area contributed by atoms with Crippen molar-refractivity contribution in [1.29, 1.82) is 0 Å². The van der Waals surface area contributed by atoms with Crippen LogP contribution in [0.3, 0.4) is 0 Å². The summed E-state index contributed by atoms with van der Waals surface area (Å²) in [5.74, 6) is 0.0959. The molecule has 0 saturated carbocycles. The molecule has 22 heavy (non-hydrogen) atoms. The third-order valence-electron chi connectivity index (χ3n) is 2.39. The topological polar surface area (TPSA) is 91.3 Å². The Morgan fingerprint density at radius 3 is 2.36 bits per heavy atom. The number of thioether (sulfide) groups is 1. The third-order valence-corrected chi connectivity index (χ3v) is 6.38. The molecule has 7 nitrogen and oxygen atoms in total. The molecule has 0 bridgehead atoms. The molecule has 0 aromatic carbocycles. The summed E-state index contributed by atoms with van der Waals surface area (Å²) >= 11 is 0.680. The Hall–Kier alpha value is -0.0600. The lowest BCUT2D eigenvalue weighted by molar-refractivity contribution is 0.0968. The van der Waals surface area contributed by atoms with E-state index in [9.17, 15) is 21.8 Å². The Morgan fingerprint density at radius 1 is 1.36 bits per heavy atom. The van der Waals surface area contributed by atoms with E-state index in [-0.39, 0.29) is 25.6 Å². The molecule has 1 unspecified atom stereocenters. The normalized spacial score (nSPS) is 20.2. The Labute approximate surface area is 132 Å². The molecule has 0 fully saturated rings. The van der Waals surface area contributed by atoms with E-state index in [1.807, 2.05) is 0 Å². The highest BCUT2D eigenvalue weighted by molar-refractivity contribution is 8.15. The zero-order valence-corrected chi connectivity index (χ0v) is 14.8. The van der Waals surface area contributed by atoms with Gasteiger partial charge in [-0.2, -0.15) is 17.2 Å². The van der Waals surface area contributed by atoms with Crippen LogP contribution in [-0.2, 0) is 27.9 Å². The summed E-state index contributed by atoms with van der Waals surface area (Å²) in [5.41, 5.74) is -3.89. The minimum Gasteiger partial charge on any atom is -0.304 e. The van der Waals surface area contributed by atoms with E-state index >= 15 is 0 Å². The molecule has 1 aliphatic heterocycles. The maximum absolute atomic E-state index is 14.4. The Balaban J connectivity index is 2.90. The van der Waals surface area contributed by atoms with Crippen LogP contribution in [0.5, 0.6) is 0 Å². The molecule has 0 aromatic heterocycles. The van der Waals surface area contributed by atoms with Crippen molar-refractivity contribution >= 4 is 34.5 Å². The van der Waals surface area contributed by atoms with Crippen molar-refractivity contribution in [1.82, 2.24) is 0 Å². The van der Waals surface area contributed by atoms with Crippen LogP contribution in [0.15, 0.2) is 4.99 Å². The minimum absolute atomic E-state index is 0.0959. The van der Waals surface area contributed by atoms with Crippen molar-refractivity contribution in [2.45, 2.75) is 25.6 Å². The highest BCUT2D eigenvalue weighted by atomic mass is 32.2. The molecule has 1 aliphatic rings. The molecule has 0 radical (unpaired) electrons. The van der Waals surface area contributed by atoms with Crippen LogP contribution in [0.25, 0.3) is 0 Å². The van der Waals surface area contributed by atoms with Crippen LogP contribution in [-0.4, -0.2) is 57.0 Å². The maximum Gasteiger partial charge on any atom is 0.406 e. The van der Waals surface area contributed by atoms with E-state index in [0.717, 1.165) is 6.26 Å². The van der Waals surface area contributed by atoms with Crippen LogP contribution in [0.2, 0.25) is 0 Å². The maximum atomic E-state index is 14.4. The second-order valence-corrected chi connectivity index (χ2v) is 8.99. The quantitative estimate of drug-likeness (QED) is 0.447. The molecular formula is C10H18F2NO6PS2. The van der Waals surface area contributed by atoms with Crippen LogP contribution in [0.4, 0.5) is 8.78 Å². The van der Waals surface area contributed by atoms with Gasteiger partial charge in [-0.25, -0.2) is 0 Å². The van der Waals surface area contributed by atoms with Crippen molar-refractivity contribution < 1.29 is 35.0 Å². The van der Waals surface area contributed by atoms with Crippen LogP contribution in [0.1, 0.15) is 13.8 Å². The molecule has 0 N–H and O–H groups in total. The first-order valence-electron chi connectivity index (χ1n) is 6.38. The van der Waals surface area contributed by atoms with Gasteiger partial charge in [0, 0.05) is 5.75 Å².